The molecule has 0 N–H and O–H groups in total. The zero-order valence-electron chi connectivity index (χ0n) is 14.5. The number of nitriles is 1. The van der Waals surface area contributed by atoms with E-state index < -0.39 is 0 Å². The van der Waals surface area contributed by atoms with Gasteiger partial charge >= 0.3 is 0 Å². The Morgan fingerprint density at radius 3 is 2.83 bits per heavy atom. The first-order chi connectivity index (χ1) is 11.8. The number of anilines is 1. The molecule has 0 bridgehead atoms. The standard InChI is InChI=1S/C17H27N5OS/c1-14-6-9-21(10-7-14)16-19-20-17(24-12-3-2-8-18)22(16)13-15-5-4-11-23-15/h14-15H,2-7,9-13H2,1H3. The molecule has 2 aliphatic rings. The lowest BCUT2D eigenvalue weighted by atomic mass is 10.00. The summed E-state index contributed by atoms with van der Waals surface area (Å²) in [5, 5.41) is 18.6. The molecule has 1 atom stereocenters. The van der Waals surface area contributed by atoms with Crippen molar-refractivity contribution < 1.29 is 4.74 Å². The van der Waals surface area contributed by atoms with Gasteiger partial charge in [0.2, 0.25) is 5.95 Å². The lowest BCUT2D eigenvalue weighted by Gasteiger charge is -2.31. The number of piperidine rings is 1. The van der Waals surface area contributed by atoms with Crippen molar-refractivity contribution in [1.82, 2.24) is 14.8 Å². The molecule has 1 aromatic rings. The highest BCUT2D eigenvalue weighted by molar-refractivity contribution is 7.99. The first-order valence-corrected chi connectivity index (χ1v) is 10.1. The third kappa shape index (κ3) is 4.42. The van der Waals surface area contributed by atoms with Gasteiger partial charge in [0.25, 0.3) is 0 Å². The van der Waals surface area contributed by atoms with Crippen LogP contribution in [-0.4, -0.2) is 46.3 Å². The first-order valence-electron chi connectivity index (χ1n) is 9.07. The number of hydrogen-bond donors (Lipinski definition) is 0. The van der Waals surface area contributed by atoms with Crippen LogP contribution in [0.5, 0.6) is 0 Å². The van der Waals surface area contributed by atoms with Crippen molar-refractivity contribution in [2.24, 2.45) is 5.92 Å². The van der Waals surface area contributed by atoms with Gasteiger partial charge in [0.1, 0.15) is 0 Å². The van der Waals surface area contributed by atoms with E-state index in [9.17, 15) is 0 Å². The van der Waals surface area contributed by atoms with Crippen LogP contribution in [0.4, 0.5) is 5.95 Å². The van der Waals surface area contributed by atoms with Crippen molar-refractivity contribution in [2.75, 3.05) is 30.3 Å². The Bertz CT molecular complexity index is 556. The normalized spacial score (nSPS) is 22.0. The maximum atomic E-state index is 8.69. The number of rotatable bonds is 7. The summed E-state index contributed by atoms with van der Waals surface area (Å²) in [7, 11) is 0. The number of ether oxygens (including phenoxy) is 1. The fourth-order valence-corrected chi connectivity index (χ4v) is 4.18. The van der Waals surface area contributed by atoms with E-state index in [0.29, 0.717) is 6.42 Å². The van der Waals surface area contributed by atoms with Crippen LogP contribution in [0.15, 0.2) is 5.16 Å². The molecule has 2 fully saturated rings. The molecule has 0 aromatic carbocycles. The molecule has 0 radical (unpaired) electrons. The van der Waals surface area contributed by atoms with Gasteiger partial charge in [0.15, 0.2) is 5.16 Å². The van der Waals surface area contributed by atoms with Crippen LogP contribution in [0, 0.1) is 17.2 Å². The van der Waals surface area contributed by atoms with E-state index >= 15 is 0 Å². The molecule has 3 rings (SSSR count). The van der Waals surface area contributed by atoms with Gasteiger partial charge < -0.3 is 9.64 Å². The highest BCUT2D eigenvalue weighted by Gasteiger charge is 2.25. The van der Waals surface area contributed by atoms with E-state index in [1.807, 2.05) is 0 Å². The summed E-state index contributed by atoms with van der Waals surface area (Å²) in [4.78, 5) is 2.38. The summed E-state index contributed by atoms with van der Waals surface area (Å²) < 4.78 is 8.09. The quantitative estimate of drug-likeness (QED) is 0.557. The lowest BCUT2D eigenvalue weighted by molar-refractivity contribution is 0.0951. The van der Waals surface area contributed by atoms with Crippen molar-refractivity contribution in [2.45, 2.75) is 63.3 Å². The first kappa shape index (κ1) is 17.6. The van der Waals surface area contributed by atoms with Crippen molar-refractivity contribution in [3.63, 3.8) is 0 Å². The van der Waals surface area contributed by atoms with Gasteiger partial charge in [0.05, 0.1) is 18.7 Å². The van der Waals surface area contributed by atoms with Gasteiger partial charge in [-0.05, 0) is 38.0 Å². The maximum Gasteiger partial charge on any atom is 0.228 e. The largest absolute Gasteiger partial charge is 0.376 e. The zero-order chi connectivity index (χ0) is 16.8. The Balaban J connectivity index is 1.71. The van der Waals surface area contributed by atoms with Crippen molar-refractivity contribution in [3.05, 3.63) is 0 Å². The van der Waals surface area contributed by atoms with E-state index in [-0.39, 0.29) is 6.10 Å². The Kier molecular flexibility index (Phi) is 6.38. The second kappa shape index (κ2) is 8.72. The molecule has 24 heavy (non-hydrogen) atoms. The molecule has 6 nitrogen and oxygen atoms in total. The fraction of sp³-hybridized carbons (Fsp3) is 0.824. The minimum atomic E-state index is 0.280. The summed E-state index contributed by atoms with van der Waals surface area (Å²) in [6, 6.07) is 2.20. The molecule has 1 unspecified atom stereocenters. The topological polar surface area (TPSA) is 67.0 Å². The van der Waals surface area contributed by atoms with Gasteiger partial charge in [-0.25, -0.2) is 0 Å². The summed E-state index contributed by atoms with van der Waals surface area (Å²) in [6.07, 6.45) is 6.48. The molecule has 0 spiro atoms. The SMILES string of the molecule is CC1CCN(c2nnc(SCCCC#N)n2CC2CCCO2)CC1. The van der Waals surface area contributed by atoms with Crippen LogP contribution in [0.2, 0.25) is 0 Å². The second-order valence-electron chi connectivity index (χ2n) is 6.81. The maximum absolute atomic E-state index is 8.69. The molecular formula is C17H27N5OS. The third-order valence-corrected chi connectivity index (χ3v) is 5.89. The molecular weight excluding hydrogens is 322 g/mol. The molecule has 1 aromatic heterocycles. The lowest BCUT2D eigenvalue weighted by Crippen LogP contribution is -2.35. The van der Waals surface area contributed by atoms with Gasteiger partial charge in [-0.3, -0.25) is 4.57 Å². The van der Waals surface area contributed by atoms with E-state index in [0.717, 1.165) is 68.3 Å². The number of aromatic nitrogens is 3. The molecule has 0 aliphatic carbocycles. The predicted octanol–water partition coefficient (Wildman–Crippen LogP) is 3.09. The Morgan fingerprint density at radius 2 is 2.12 bits per heavy atom. The van der Waals surface area contributed by atoms with Gasteiger partial charge in [0, 0.05) is 31.9 Å². The van der Waals surface area contributed by atoms with Gasteiger partial charge in [-0.15, -0.1) is 10.2 Å². The number of hydrogen-bond acceptors (Lipinski definition) is 6. The monoisotopic (exact) mass is 349 g/mol. The third-order valence-electron chi connectivity index (χ3n) is 4.84. The molecule has 3 heterocycles. The highest BCUT2D eigenvalue weighted by atomic mass is 32.2. The Hall–Kier alpha value is -1.26. The molecule has 2 saturated heterocycles. The van der Waals surface area contributed by atoms with E-state index in [1.165, 1.54) is 12.8 Å². The van der Waals surface area contributed by atoms with Crippen LogP contribution < -0.4 is 4.90 Å². The molecule has 7 heteroatoms. The second-order valence-corrected chi connectivity index (χ2v) is 7.87. The van der Waals surface area contributed by atoms with Crippen LogP contribution in [0.25, 0.3) is 0 Å². The number of thioether (sulfide) groups is 1. The zero-order valence-corrected chi connectivity index (χ0v) is 15.3. The number of unbranched alkanes of at least 4 members (excludes halogenated alkanes) is 1. The van der Waals surface area contributed by atoms with Crippen LogP contribution in [0.3, 0.4) is 0 Å². The van der Waals surface area contributed by atoms with Crippen molar-refractivity contribution >= 4 is 17.7 Å². The molecule has 2 aliphatic heterocycles. The Morgan fingerprint density at radius 1 is 1.29 bits per heavy atom. The smallest absolute Gasteiger partial charge is 0.228 e. The summed E-state index contributed by atoms with van der Waals surface area (Å²) in [5.41, 5.74) is 0. The minimum absolute atomic E-state index is 0.280. The molecule has 132 valence electrons. The average Bonchev–Trinajstić information content (AvgIpc) is 3.24. The predicted molar refractivity (Wildman–Crippen MR) is 95.2 cm³/mol. The fourth-order valence-electron chi connectivity index (χ4n) is 3.30. The average molecular weight is 350 g/mol. The number of nitrogens with zero attached hydrogens (tertiary/aromatic N) is 5. The van der Waals surface area contributed by atoms with Crippen molar-refractivity contribution in [1.29, 1.82) is 5.26 Å². The molecule has 0 saturated carbocycles. The van der Waals surface area contributed by atoms with Crippen LogP contribution >= 0.6 is 11.8 Å². The molecule has 0 amide bonds. The van der Waals surface area contributed by atoms with E-state index in [4.69, 9.17) is 10.00 Å². The summed E-state index contributed by atoms with van der Waals surface area (Å²) >= 11 is 1.71. The van der Waals surface area contributed by atoms with Crippen molar-refractivity contribution in [3.8, 4) is 6.07 Å². The highest BCUT2D eigenvalue weighted by Crippen LogP contribution is 2.28. The summed E-state index contributed by atoms with van der Waals surface area (Å²) in [5.74, 6) is 2.71. The minimum Gasteiger partial charge on any atom is -0.376 e. The Labute approximate surface area is 148 Å². The van der Waals surface area contributed by atoms with Gasteiger partial charge in [-0.2, -0.15) is 5.26 Å². The van der Waals surface area contributed by atoms with E-state index in [1.54, 1.807) is 11.8 Å². The van der Waals surface area contributed by atoms with Crippen LogP contribution in [0.1, 0.15) is 45.4 Å². The van der Waals surface area contributed by atoms with Crippen LogP contribution in [-0.2, 0) is 11.3 Å². The summed E-state index contributed by atoms with van der Waals surface area (Å²) in [6.45, 7) is 6.15. The van der Waals surface area contributed by atoms with E-state index in [2.05, 4.69) is 32.7 Å². The van der Waals surface area contributed by atoms with Gasteiger partial charge in [-0.1, -0.05) is 18.7 Å².